The number of rotatable bonds is 7. The third-order valence-corrected chi connectivity index (χ3v) is 4.53. The van der Waals surface area contributed by atoms with Gasteiger partial charge < -0.3 is 15.5 Å². The zero-order valence-corrected chi connectivity index (χ0v) is 13.7. The molecule has 2 amide bonds. The van der Waals surface area contributed by atoms with Crippen LogP contribution in [0.2, 0.25) is 0 Å². The average molecular weight is 283 g/mol. The van der Waals surface area contributed by atoms with Gasteiger partial charge in [0.15, 0.2) is 0 Å². The van der Waals surface area contributed by atoms with Crippen LogP contribution in [0, 0.1) is 5.92 Å². The van der Waals surface area contributed by atoms with Crippen LogP contribution in [0.4, 0.5) is 4.79 Å². The summed E-state index contributed by atoms with van der Waals surface area (Å²) in [4.78, 5) is 14.2. The van der Waals surface area contributed by atoms with Crippen LogP contribution in [0.25, 0.3) is 0 Å². The van der Waals surface area contributed by atoms with Gasteiger partial charge in [0.2, 0.25) is 0 Å². The molecular weight excluding hydrogens is 250 g/mol. The van der Waals surface area contributed by atoms with Crippen molar-refractivity contribution >= 4 is 6.03 Å². The van der Waals surface area contributed by atoms with Gasteiger partial charge in [-0.2, -0.15) is 0 Å². The van der Waals surface area contributed by atoms with Crippen molar-refractivity contribution in [1.29, 1.82) is 0 Å². The molecule has 1 aliphatic carbocycles. The number of carbonyl (C=O) groups is 1. The van der Waals surface area contributed by atoms with Crippen molar-refractivity contribution in [2.75, 3.05) is 20.1 Å². The Balaban J connectivity index is 2.05. The molecule has 0 aliphatic heterocycles. The first-order valence-electron chi connectivity index (χ1n) is 8.25. The van der Waals surface area contributed by atoms with Crippen molar-refractivity contribution in [3.63, 3.8) is 0 Å². The van der Waals surface area contributed by atoms with Crippen molar-refractivity contribution in [3.8, 4) is 0 Å². The highest BCUT2D eigenvalue weighted by Gasteiger charge is 2.22. The predicted molar refractivity (Wildman–Crippen MR) is 85.0 cm³/mol. The maximum Gasteiger partial charge on any atom is 0.315 e. The summed E-state index contributed by atoms with van der Waals surface area (Å²) in [6.45, 7) is 8.53. The Hall–Kier alpha value is -0.770. The van der Waals surface area contributed by atoms with Gasteiger partial charge in [-0.25, -0.2) is 4.79 Å². The molecule has 2 unspecified atom stereocenters. The Labute approximate surface area is 124 Å². The van der Waals surface area contributed by atoms with Crippen LogP contribution in [-0.4, -0.2) is 43.2 Å². The quantitative estimate of drug-likeness (QED) is 0.706. The number of unbranched alkanes of at least 4 members (excludes halogenated alkanes) is 1. The summed E-state index contributed by atoms with van der Waals surface area (Å²) in [5, 5.41) is 6.11. The van der Waals surface area contributed by atoms with Gasteiger partial charge in [-0.15, -0.1) is 0 Å². The molecule has 0 aromatic carbocycles. The van der Waals surface area contributed by atoms with Gasteiger partial charge >= 0.3 is 6.03 Å². The summed E-state index contributed by atoms with van der Waals surface area (Å²) in [5.74, 6) is 0.620. The van der Waals surface area contributed by atoms with E-state index in [4.69, 9.17) is 0 Å². The van der Waals surface area contributed by atoms with Crippen molar-refractivity contribution in [2.45, 2.75) is 71.4 Å². The van der Waals surface area contributed by atoms with Crippen LogP contribution in [0.15, 0.2) is 0 Å². The molecular formula is C16H33N3O. The smallest absolute Gasteiger partial charge is 0.315 e. The maximum atomic E-state index is 11.8. The molecule has 1 aliphatic rings. The molecule has 1 fully saturated rings. The van der Waals surface area contributed by atoms with Crippen molar-refractivity contribution in [2.24, 2.45) is 5.92 Å². The van der Waals surface area contributed by atoms with Gasteiger partial charge in [-0.1, -0.05) is 19.8 Å². The molecule has 0 aromatic rings. The molecule has 1 rings (SSSR count). The molecule has 20 heavy (non-hydrogen) atoms. The topological polar surface area (TPSA) is 44.4 Å². The fraction of sp³-hybridized carbons (Fsp3) is 0.938. The number of amides is 2. The van der Waals surface area contributed by atoms with Crippen LogP contribution in [0.5, 0.6) is 0 Å². The third-order valence-electron chi connectivity index (χ3n) is 4.53. The summed E-state index contributed by atoms with van der Waals surface area (Å²) >= 11 is 0. The molecule has 2 N–H and O–H groups in total. The lowest BCUT2D eigenvalue weighted by Crippen LogP contribution is -2.46. The van der Waals surface area contributed by atoms with Crippen molar-refractivity contribution in [3.05, 3.63) is 0 Å². The molecule has 0 bridgehead atoms. The van der Waals surface area contributed by atoms with Crippen molar-refractivity contribution < 1.29 is 4.79 Å². The van der Waals surface area contributed by atoms with Gasteiger partial charge in [0, 0.05) is 18.6 Å². The number of urea groups is 1. The Morgan fingerprint density at radius 3 is 2.60 bits per heavy atom. The van der Waals surface area contributed by atoms with Gasteiger partial charge in [0.25, 0.3) is 0 Å². The summed E-state index contributed by atoms with van der Waals surface area (Å²) in [6.07, 6.45) is 7.11. The highest BCUT2D eigenvalue weighted by molar-refractivity contribution is 5.74. The minimum atomic E-state index is 0.0148. The first-order valence-corrected chi connectivity index (χ1v) is 8.25. The van der Waals surface area contributed by atoms with E-state index in [1.807, 2.05) is 0 Å². The number of hydrogen-bond acceptors (Lipinski definition) is 2. The van der Waals surface area contributed by atoms with E-state index in [-0.39, 0.29) is 6.03 Å². The second kappa shape index (κ2) is 9.22. The molecule has 0 saturated heterocycles. The Morgan fingerprint density at radius 1 is 1.25 bits per heavy atom. The van der Waals surface area contributed by atoms with Crippen LogP contribution < -0.4 is 10.6 Å². The Bertz CT molecular complexity index is 281. The molecule has 0 spiro atoms. The highest BCUT2D eigenvalue weighted by Crippen LogP contribution is 2.23. The molecule has 118 valence electrons. The number of nitrogens with zero attached hydrogens (tertiary/aromatic N) is 1. The van der Waals surface area contributed by atoms with E-state index >= 15 is 0 Å². The minimum Gasteiger partial charge on any atom is -0.338 e. The van der Waals surface area contributed by atoms with Gasteiger partial charge in [-0.05, 0) is 59.0 Å². The molecule has 0 aromatic heterocycles. The molecule has 4 nitrogen and oxygen atoms in total. The second-order valence-corrected chi connectivity index (χ2v) is 6.55. The fourth-order valence-corrected chi connectivity index (χ4v) is 2.70. The lowest BCUT2D eigenvalue weighted by atomic mass is 9.86. The second-order valence-electron chi connectivity index (χ2n) is 6.55. The SMILES string of the molecule is CC1CCCCC1NC(=O)NCCCCN(C)C(C)C. The normalized spacial score (nSPS) is 23.1. The van der Waals surface area contributed by atoms with E-state index in [1.165, 1.54) is 19.3 Å². The Kier molecular flexibility index (Phi) is 7.97. The van der Waals surface area contributed by atoms with E-state index in [0.29, 0.717) is 18.0 Å². The molecule has 0 heterocycles. The third kappa shape index (κ3) is 6.60. The number of nitrogens with one attached hydrogen (secondary N) is 2. The van der Waals surface area contributed by atoms with Gasteiger partial charge in [0.05, 0.1) is 0 Å². The van der Waals surface area contributed by atoms with E-state index in [0.717, 1.165) is 32.4 Å². The molecule has 4 heteroatoms. The van der Waals surface area contributed by atoms with E-state index in [2.05, 4.69) is 43.4 Å². The van der Waals surface area contributed by atoms with Crippen LogP contribution in [0.3, 0.4) is 0 Å². The lowest BCUT2D eigenvalue weighted by molar-refractivity contribution is 0.221. The van der Waals surface area contributed by atoms with Crippen molar-refractivity contribution in [1.82, 2.24) is 15.5 Å². The predicted octanol–water partition coefficient (Wildman–Crippen LogP) is 2.98. The monoisotopic (exact) mass is 283 g/mol. The highest BCUT2D eigenvalue weighted by atomic mass is 16.2. The van der Waals surface area contributed by atoms with Crippen LogP contribution in [0.1, 0.15) is 59.3 Å². The number of hydrogen-bond donors (Lipinski definition) is 2. The van der Waals surface area contributed by atoms with E-state index < -0.39 is 0 Å². The molecule has 2 atom stereocenters. The Morgan fingerprint density at radius 2 is 1.95 bits per heavy atom. The summed E-state index contributed by atoms with van der Waals surface area (Å²) in [7, 11) is 2.15. The van der Waals surface area contributed by atoms with E-state index in [1.54, 1.807) is 0 Å². The van der Waals surface area contributed by atoms with Crippen LogP contribution >= 0.6 is 0 Å². The fourth-order valence-electron chi connectivity index (χ4n) is 2.70. The largest absolute Gasteiger partial charge is 0.338 e. The molecule has 1 saturated carbocycles. The van der Waals surface area contributed by atoms with E-state index in [9.17, 15) is 4.79 Å². The lowest BCUT2D eigenvalue weighted by Gasteiger charge is -2.29. The zero-order valence-electron chi connectivity index (χ0n) is 13.7. The zero-order chi connectivity index (χ0) is 15.0. The van der Waals surface area contributed by atoms with Crippen LogP contribution in [-0.2, 0) is 0 Å². The summed E-state index contributed by atoms with van der Waals surface area (Å²) < 4.78 is 0. The maximum absolute atomic E-state index is 11.8. The summed E-state index contributed by atoms with van der Waals surface area (Å²) in [5.41, 5.74) is 0. The minimum absolute atomic E-state index is 0.0148. The molecule has 0 radical (unpaired) electrons. The van der Waals surface area contributed by atoms with Gasteiger partial charge in [-0.3, -0.25) is 0 Å². The average Bonchev–Trinajstić information content (AvgIpc) is 2.40. The first-order chi connectivity index (χ1) is 9.50. The standard InChI is InChI=1S/C16H33N3O/c1-13(2)19(4)12-8-7-11-17-16(20)18-15-10-6-5-9-14(15)3/h13-15H,5-12H2,1-4H3,(H2,17,18,20). The number of carbonyl (C=O) groups excluding carboxylic acids is 1. The first kappa shape index (κ1) is 17.3. The van der Waals surface area contributed by atoms with Gasteiger partial charge in [0.1, 0.15) is 0 Å². The summed E-state index contributed by atoms with van der Waals surface area (Å²) in [6, 6.07) is 0.982.